The first-order valence-corrected chi connectivity index (χ1v) is 10.9. The smallest absolute Gasteiger partial charge is 0.240 e. The van der Waals surface area contributed by atoms with Crippen molar-refractivity contribution in [1.82, 2.24) is 10.6 Å². The molecular weight excluding hydrogens is 412 g/mol. The molecule has 5 heteroatoms. The molecule has 0 aromatic heterocycles. The molecule has 2 N–H and O–H groups in total. The molecule has 5 nitrogen and oxygen atoms in total. The fourth-order valence-corrected chi connectivity index (χ4v) is 3.87. The molecule has 0 bridgehead atoms. The Balaban J connectivity index is 1.41. The fourth-order valence-electron chi connectivity index (χ4n) is 3.87. The fraction of sp³-hybridized carbons (Fsp3) is 0.143. The number of hydrogen-bond donors (Lipinski definition) is 2. The van der Waals surface area contributed by atoms with Crippen LogP contribution in [0.3, 0.4) is 0 Å². The molecule has 2 amide bonds. The van der Waals surface area contributed by atoms with E-state index in [2.05, 4.69) is 10.6 Å². The molecule has 0 unspecified atom stereocenters. The number of carbonyl (C=O) groups excluding carboxylic acids is 2. The minimum Gasteiger partial charge on any atom is -0.497 e. The second-order valence-corrected chi connectivity index (χ2v) is 7.78. The third-order valence-electron chi connectivity index (χ3n) is 5.56. The number of rotatable bonds is 8. The zero-order chi connectivity index (χ0) is 23.0. The second kappa shape index (κ2) is 10.5. The molecular formula is C28H26N2O3. The number of ether oxygens (including phenoxy) is 1. The van der Waals surface area contributed by atoms with Gasteiger partial charge in [-0.1, -0.05) is 84.9 Å². The lowest BCUT2D eigenvalue weighted by Crippen LogP contribution is -2.39. The largest absolute Gasteiger partial charge is 0.497 e. The summed E-state index contributed by atoms with van der Waals surface area (Å²) in [5.41, 5.74) is 2.82. The molecule has 0 aliphatic heterocycles. The summed E-state index contributed by atoms with van der Waals surface area (Å²) in [7, 11) is 1.62. The van der Waals surface area contributed by atoms with Gasteiger partial charge in [0.2, 0.25) is 11.8 Å². The van der Waals surface area contributed by atoms with Crippen LogP contribution in [0.5, 0.6) is 5.75 Å². The van der Waals surface area contributed by atoms with Crippen LogP contribution in [0.25, 0.3) is 10.8 Å². The van der Waals surface area contributed by atoms with Crippen LogP contribution in [0, 0.1) is 0 Å². The van der Waals surface area contributed by atoms with E-state index in [0.717, 1.165) is 33.2 Å². The maximum absolute atomic E-state index is 12.7. The first kappa shape index (κ1) is 22.1. The minimum absolute atomic E-state index is 0.0942. The maximum Gasteiger partial charge on any atom is 0.240 e. The third-order valence-corrected chi connectivity index (χ3v) is 5.56. The van der Waals surface area contributed by atoms with E-state index in [1.165, 1.54) is 0 Å². The first-order valence-electron chi connectivity index (χ1n) is 10.9. The van der Waals surface area contributed by atoms with Crippen molar-refractivity contribution in [1.29, 1.82) is 0 Å². The number of hydrogen-bond acceptors (Lipinski definition) is 3. The molecule has 1 atom stereocenters. The third kappa shape index (κ3) is 5.57. The molecule has 0 heterocycles. The number of nitrogens with one attached hydrogen (secondary N) is 2. The highest BCUT2D eigenvalue weighted by Gasteiger charge is 2.17. The van der Waals surface area contributed by atoms with Crippen molar-refractivity contribution in [2.75, 3.05) is 13.7 Å². The predicted molar refractivity (Wildman–Crippen MR) is 130 cm³/mol. The summed E-state index contributed by atoms with van der Waals surface area (Å²) < 4.78 is 5.24. The van der Waals surface area contributed by atoms with Crippen LogP contribution in [0.4, 0.5) is 0 Å². The molecule has 0 radical (unpaired) electrons. The molecule has 4 aromatic rings. The monoisotopic (exact) mass is 438 g/mol. The van der Waals surface area contributed by atoms with Crippen molar-refractivity contribution < 1.29 is 14.3 Å². The van der Waals surface area contributed by atoms with E-state index in [1.807, 2.05) is 97.1 Å². The SMILES string of the molecule is COc1ccc([C@@H](NC(=O)CNC(=O)Cc2cccc3ccccc23)c2ccccc2)cc1. The quantitative estimate of drug-likeness (QED) is 0.428. The summed E-state index contributed by atoms with van der Waals surface area (Å²) in [4.78, 5) is 25.3. The predicted octanol–water partition coefficient (Wildman–Crippen LogP) is 4.41. The standard InChI is InChI=1S/C28H26N2O3/c1-33-24-16-14-22(15-17-24)28(21-9-3-2-4-10-21)30-27(32)19-29-26(31)18-23-12-7-11-20-8-5-6-13-25(20)23/h2-17,28H,18-19H2,1H3,(H,29,31)(H,30,32)/t28-/m0/s1. The van der Waals surface area contributed by atoms with Crippen LogP contribution >= 0.6 is 0 Å². The van der Waals surface area contributed by atoms with E-state index in [4.69, 9.17) is 4.74 Å². The van der Waals surface area contributed by atoms with Crippen molar-refractivity contribution in [3.8, 4) is 5.75 Å². The first-order chi connectivity index (χ1) is 16.1. The van der Waals surface area contributed by atoms with Crippen LogP contribution in [0.2, 0.25) is 0 Å². The van der Waals surface area contributed by atoms with Gasteiger partial charge in [0, 0.05) is 0 Å². The normalized spacial score (nSPS) is 11.5. The van der Waals surface area contributed by atoms with E-state index >= 15 is 0 Å². The summed E-state index contributed by atoms with van der Waals surface area (Å²) in [6.07, 6.45) is 0.217. The number of benzene rings is 4. The lowest BCUT2D eigenvalue weighted by atomic mass is 9.98. The van der Waals surface area contributed by atoms with Crippen LogP contribution in [-0.2, 0) is 16.0 Å². The highest BCUT2D eigenvalue weighted by atomic mass is 16.5. The van der Waals surface area contributed by atoms with Gasteiger partial charge in [-0.2, -0.15) is 0 Å². The summed E-state index contributed by atoms with van der Waals surface area (Å²) in [6.45, 7) is -0.0942. The zero-order valence-corrected chi connectivity index (χ0v) is 18.5. The molecule has 166 valence electrons. The Kier molecular flexibility index (Phi) is 7.00. The van der Waals surface area contributed by atoms with Gasteiger partial charge in [0.1, 0.15) is 5.75 Å². The van der Waals surface area contributed by atoms with Crippen LogP contribution < -0.4 is 15.4 Å². The summed E-state index contributed by atoms with van der Waals surface area (Å²) in [5.74, 6) is 0.297. The molecule has 4 aromatic carbocycles. The van der Waals surface area contributed by atoms with E-state index in [9.17, 15) is 9.59 Å². The van der Waals surface area contributed by atoms with Crippen LogP contribution in [0.15, 0.2) is 97.1 Å². The van der Waals surface area contributed by atoms with E-state index in [-0.39, 0.29) is 30.8 Å². The van der Waals surface area contributed by atoms with Crippen molar-refractivity contribution >= 4 is 22.6 Å². The van der Waals surface area contributed by atoms with Gasteiger partial charge in [0.15, 0.2) is 0 Å². The summed E-state index contributed by atoms with van der Waals surface area (Å²) >= 11 is 0. The lowest BCUT2D eigenvalue weighted by molar-refractivity contribution is -0.126. The molecule has 0 aliphatic rings. The van der Waals surface area contributed by atoms with E-state index in [1.54, 1.807) is 7.11 Å². The van der Waals surface area contributed by atoms with Crippen molar-refractivity contribution in [3.05, 3.63) is 114 Å². The highest BCUT2D eigenvalue weighted by molar-refractivity contribution is 5.91. The Bertz CT molecular complexity index is 1230. The Morgan fingerprint density at radius 1 is 0.758 bits per heavy atom. The number of amides is 2. The van der Waals surface area contributed by atoms with E-state index in [0.29, 0.717) is 0 Å². The van der Waals surface area contributed by atoms with Gasteiger partial charge >= 0.3 is 0 Å². The molecule has 0 spiro atoms. The molecule has 0 fully saturated rings. The summed E-state index contributed by atoms with van der Waals surface area (Å²) in [6, 6.07) is 30.8. The number of fused-ring (bicyclic) bond motifs is 1. The molecule has 4 rings (SSSR count). The second-order valence-electron chi connectivity index (χ2n) is 7.78. The van der Waals surface area contributed by atoms with Gasteiger partial charge in [-0.3, -0.25) is 9.59 Å². The van der Waals surface area contributed by atoms with Gasteiger partial charge < -0.3 is 15.4 Å². The van der Waals surface area contributed by atoms with Crippen molar-refractivity contribution in [2.45, 2.75) is 12.5 Å². The minimum atomic E-state index is -0.334. The molecule has 0 aliphatic carbocycles. The maximum atomic E-state index is 12.7. The van der Waals surface area contributed by atoms with Crippen LogP contribution in [0.1, 0.15) is 22.7 Å². The lowest BCUT2D eigenvalue weighted by Gasteiger charge is -2.20. The highest BCUT2D eigenvalue weighted by Crippen LogP contribution is 2.24. The Labute approximate surface area is 193 Å². The van der Waals surface area contributed by atoms with Crippen LogP contribution in [-0.4, -0.2) is 25.5 Å². The Morgan fingerprint density at radius 2 is 1.42 bits per heavy atom. The average Bonchev–Trinajstić information content (AvgIpc) is 2.87. The summed E-state index contributed by atoms with van der Waals surface area (Å²) in [5, 5.41) is 7.93. The molecule has 0 saturated carbocycles. The van der Waals surface area contributed by atoms with Crippen molar-refractivity contribution in [2.24, 2.45) is 0 Å². The molecule has 0 saturated heterocycles. The molecule has 33 heavy (non-hydrogen) atoms. The zero-order valence-electron chi connectivity index (χ0n) is 18.5. The Morgan fingerprint density at radius 3 is 2.18 bits per heavy atom. The van der Waals surface area contributed by atoms with Gasteiger partial charge in [-0.15, -0.1) is 0 Å². The Hall–Kier alpha value is -4.12. The van der Waals surface area contributed by atoms with Gasteiger partial charge in [0.05, 0.1) is 26.1 Å². The van der Waals surface area contributed by atoms with Crippen molar-refractivity contribution in [3.63, 3.8) is 0 Å². The topological polar surface area (TPSA) is 67.4 Å². The number of methoxy groups -OCH3 is 1. The van der Waals surface area contributed by atoms with E-state index < -0.39 is 0 Å². The van der Waals surface area contributed by atoms with Gasteiger partial charge in [-0.05, 0) is 39.6 Å². The number of carbonyl (C=O) groups is 2. The van der Waals surface area contributed by atoms with Gasteiger partial charge in [-0.25, -0.2) is 0 Å². The van der Waals surface area contributed by atoms with Gasteiger partial charge in [0.25, 0.3) is 0 Å². The average molecular weight is 439 g/mol.